The highest BCUT2D eigenvalue weighted by molar-refractivity contribution is 5.85. The minimum absolute atomic E-state index is 0. The highest BCUT2D eigenvalue weighted by atomic mass is 35.5. The average molecular weight is 446 g/mol. The zero-order valence-electron chi connectivity index (χ0n) is 18.2. The van der Waals surface area contributed by atoms with Gasteiger partial charge in [-0.2, -0.15) is 0 Å². The fourth-order valence-corrected chi connectivity index (χ4v) is 4.16. The zero-order valence-corrected chi connectivity index (χ0v) is 19.8. The molecule has 3 heterocycles. The SMILES string of the molecule is Cc1cc(N2CCN(C(=O)CC(C)C3CCNCC3)CC2)nc(C(C)C)n1.Cl.Cl. The molecule has 1 atom stereocenters. The Morgan fingerprint density at radius 2 is 1.72 bits per heavy atom. The lowest BCUT2D eigenvalue weighted by Crippen LogP contribution is -2.49. The van der Waals surface area contributed by atoms with Gasteiger partial charge in [-0.05, 0) is 44.7 Å². The van der Waals surface area contributed by atoms with E-state index in [-0.39, 0.29) is 24.8 Å². The molecular weight excluding hydrogens is 409 g/mol. The summed E-state index contributed by atoms with van der Waals surface area (Å²) in [4.78, 5) is 26.4. The predicted octanol–water partition coefficient (Wildman–Crippen LogP) is 3.43. The quantitative estimate of drug-likeness (QED) is 0.751. The molecule has 1 amide bonds. The van der Waals surface area contributed by atoms with Crippen molar-refractivity contribution in [3.8, 4) is 0 Å². The molecule has 0 saturated carbocycles. The van der Waals surface area contributed by atoms with Gasteiger partial charge in [0.15, 0.2) is 0 Å². The number of carbonyl (C=O) groups is 1. The maximum atomic E-state index is 12.8. The van der Waals surface area contributed by atoms with Crippen LogP contribution in [0.3, 0.4) is 0 Å². The van der Waals surface area contributed by atoms with Crippen LogP contribution in [0, 0.1) is 18.8 Å². The highest BCUT2D eigenvalue weighted by Crippen LogP contribution is 2.25. The second-order valence-electron chi connectivity index (χ2n) is 8.52. The molecule has 29 heavy (non-hydrogen) atoms. The molecule has 2 aliphatic heterocycles. The third-order valence-electron chi connectivity index (χ3n) is 6.02. The van der Waals surface area contributed by atoms with E-state index in [0.29, 0.717) is 30.1 Å². The van der Waals surface area contributed by atoms with E-state index in [1.807, 2.05) is 11.8 Å². The topological polar surface area (TPSA) is 61.4 Å². The summed E-state index contributed by atoms with van der Waals surface area (Å²) >= 11 is 0. The molecule has 0 spiro atoms. The second kappa shape index (κ2) is 11.9. The van der Waals surface area contributed by atoms with Crippen LogP contribution in [0.1, 0.15) is 57.5 Å². The van der Waals surface area contributed by atoms with Gasteiger partial charge < -0.3 is 15.1 Å². The third-order valence-corrected chi connectivity index (χ3v) is 6.02. The first kappa shape index (κ1) is 25.9. The Kier molecular flexibility index (Phi) is 10.7. The number of carbonyl (C=O) groups excluding carboxylic acids is 1. The minimum Gasteiger partial charge on any atom is -0.353 e. The second-order valence-corrected chi connectivity index (χ2v) is 8.52. The molecule has 1 aromatic rings. The number of anilines is 1. The Labute approximate surface area is 188 Å². The number of aromatic nitrogens is 2. The molecular formula is C21H37Cl2N5O. The molecule has 2 aliphatic rings. The van der Waals surface area contributed by atoms with Crippen molar-refractivity contribution in [1.82, 2.24) is 20.2 Å². The van der Waals surface area contributed by atoms with Crippen LogP contribution in [-0.4, -0.2) is 60.0 Å². The molecule has 6 nitrogen and oxygen atoms in total. The summed E-state index contributed by atoms with van der Waals surface area (Å²) in [5.74, 6) is 3.72. The fraction of sp³-hybridized carbons (Fsp3) is 0.762. The first-order valence-electron chi connectivity index (χ1n) is 10.5. The molecule has 8 heteroatoms. The monoisotopic (exact) mass is 445 g/mol. The van der Waals surface area contributed by atoms with Crippen LogP contribution in [0.25, 0.3) is 0 Å². The smallest absolute Gasteiger partial charge is 0.222 e. The number of nitrogens with zero attached hydrogens (tertiary/aromatic N) is 4. The van der Waals surface area contributed by atoms with Crippen molar-refractivity contribution in [2.45, 2.75) is 52.9 Å². The van der Waals surface area contributed by atoms with Crippen molar-refractivity contribution in [2.24, 2.45) is 11.8 Å². The average Bonchev–Trinajstić information content (AvgIpc) is 2.68. The number of halogens is 2. The van der Waals surface area contributed by atoms with E-state index < -0.39 is 0 Å². The summed E-state index contributed by atoms with van der Waals surface area (Å²) in [5, 5.41) is 3.41. The highest BCUT2D eigenvalue weighted by Gasteiger charge is 2.27. The van der Waals surface area contributed by atoms with Gasteiger partial charge in [0.1, 0.15) is 11.6 Å². The largest absolute Gasteiger partial charge is 0.353 e. The summed E-state index contributed by atoms with van der Waals surface area (Å²) in [7, 11) is 0. The molecule has 0 radical (unpaired) electrons. The Balaban J connectivity index is 0.00000210. The summed E-state index contributed by atoms with van der Waals surface area (Å²) in [6.07, 6.45) is 3.09. The van der Waals surface area contributed by atoms with Crippen molar-refractivity contribution in [1.29, 1.82) is 0 Å². The lowest BCUT2D eigenvalue weighted by Gasteiger charge is -2.37. The van der Waals surface area contributed by atoms with Gasteiger partial charge in [0, 0.05) is 50.3 Å². The van der Waals surface area contributed by atoms with E-state index in [9.17, 15) is 4.79 Å². The first-order chi connectivity index (χ1) is 12.9. The number of hydrogen-bond acceptors (Lipinski definition) is 5. The summed E-state index contributed by atoms with van der Waals surface area (Å²) in [6.45, 7) is 14.0. The van der Waals surface area contributed by atoms with Crippen molar-refractivity contribution in [3.05, 3.63) is 17.6 Å². The van der Waals surface area contributed by atoms with Gasteiger partial charge in [0.05, 0.1) is 0 Å². The molecule has 3 rings (SSSR count). The van der Waals surface area contributed by atoms with E-state index in [0.717, 1.165) is 56.6 Å². The van der Waals surface area contributed by atoms with Gasteiger partial charge in [-0.1, -0.05) is 20.8 Å². The van der Waals surface area contributed by atoms with Crippen molar-refractivity contribution >= 4 is 36.5 Å². The number of hydrogen-bond donors (Lipinski definition) is 1. The van der Waals surface area contributed by atoms with Crippen molar-refractivity contribution < 1.29 is 4.79 Å². The van der Waals surface area contributed by atoms with Gasteiger partial charge >= 0.3 is 0 Å². The Morgan fingerprint density at radius 3 is 2.31 bits per heavy atom. The van der Waals surface area contributed by atoms with Gasteiger partial charge in [-0.15, -0.1) is 24.8 Å². The third kappa shape index (κ3) is 6.97. The van der Waals surface area contributed by atoms with Crippen LogP contribution in [0.15, 0.2) is 6.07 Å². The van der Waals surface area contributed by atoms with Crippen LogP contribution in [-0.2, 0) is 4.79 Å². The number of amides is 1. The van der Waals surface area contributed by atoms with E-state index >= 15 is 0 Å². The number of aryl methyl sites for hydroxylation is 1. The van der Waals surface area contributed by atoms with Gasteiger partial charge in [-0.3, -0.25) is 4.79 Å². The van der Waals surface area contributed by atoms with Crippen LogP contribution < -0.4 is 10.2 Å². The number of piperazine rings is 1. The fourth-order valence-electron chi connectivity index (χ4n) is 4.16. The summed E-state index contributed by atoms with van der Waals surface area (Å²) in [6, 6.07) is 2.06. The Hall–Kier alpha value is -1.11. The lowest BCUT2D eigenvalue weighted by atomic mass is 9.84. The molecule has 166 valence electrons. The van der Waals surface area contributed by atoms with Gasteiger partial charge in [0.25, 0.3) is 0 Å². The predicted molar refractivity (Wildman–Crippen MR) is 124 cm³/mol. The number of piperidine rings is 1. The van der Waals surface area contributed by atoms with E-state index in [2.05, 4.69) is 42.0 Å². The van der Waals surface area contributed by atoms with E-state index in [1.54, 1.807) is 0 Å². The molecule has 2 fully saturated rings. The Bertz CT molecular complexity index is 644. The molecule has 1 N–H and O–H groups in total. The standard InChI is InChI=1S/C21H35N5O.2ClH/c1-15(2)21-23-17(4)14-19(24-21)25-9-11-26(12-10-25)20(27)13-16(3)18-5-7-22-8-6-18;;/h14-16,18,22H,5-13H2,1-4H3;2*1H. The molecule has 1 unspecified atom stereocenters. The molecule has 0 aromatic carbocycles. The van der Waals surface area contributed by atoms with E-state index in [1.165, 1.54) is 12.8 Å². The Morgan fingerprint density at radius 1 is 1.10 bits per heavy atom. The molecule has 2 saturated heterocycles. The summed E-state index contributed by atoms with van der Waals surface area (Å²) < 4.78 is 0. The van der Waals surface area contributed by atoms with Crippen LogP contribution >= 0.6 is 24.8 Å². The van der Waals surface area contributed by atoms with Crippen molar-refractivity contribution in [3.63, 3.8) is 0 Å². The normalized spacial score (nSPS) is 18.8. The van der Waals surface area contributed by atoms with Crippen LogP contribution in [0.5, 0.6) is 0 Å². The maximum absolute atomic E-state index is 12.8. The van der Waals surface area contributed by atoms with Crippen molar-refractivity contribution in [2.75, 3.05) is 44.2 Å². The number of rotatable bonds is 5. The zero-order chi connectivity index (χ0) is 19.4. The first-order valence-corrected chi connectivity index (χ1v) is 10.5. The molecule has 0 aliphatic carbocycles. The minimum atomic E-state index is 0. The van der Waals surface area contributed by atoms with Gasteiger partial charge in [0.2, 0.25) is 5.91 Å². The van der Waals surface area contributed by atoms with Crippen LogP contribution in [0.2, 0.25) is 0 Å². The van der Waals surface area contributed by atoms with E-state index in [4.69, 9.17) is 4.98 Å². The van der Waals surface area contributed by atoms with Crippen LogP contribution in [0.4, 0.5) is 5.82 Å². The molecule has 0 bridgehead atoms. The molecule has 1 aromatic heterocycles. The maximum Gasteiger partial charge on any atom is 0.222 e. The lowest BCUT2D eigenvalue weighted by molar-refractivity contribution is -0.132. The summed E-state index contributed by atoms with van der Waals surface area (Å²) in [5.41, 5.74) is 1.01. The number of nitrogens with one attached hydrogen (secondary N) is 1. The van der Waals surface area contributed by atoms with Gasteiger partial charge in [-0.25, -0.2) is 9.97 Å².